The second-order valence-corrected chi connectivity index (χ2v) is 4.68. The lowest BCUT2D eigenvalue weighted by Crippen LogP contribution is -2.32. The van der Waals surface area contributed by atoms with Gasteiger partial charge in [0.15, 0.2) is 5.11 Å². The molecule has 0 bridgehead atoms. The fourth-order valence-corrected chi connectivity index (χ4v) is 2.89. The van der Waals surface area contributed by atoms with Crippen molar-refractivity contribution in [2.45, 2.75) is 12.6 Å². The number of hydrazine groups is 1. The summed E-state index contributed by atoms with van der Waals surface area (Å²) in [5.41, 5.74) is 1.32. The van der Waals surface area contributed by atoms with Gasteiger partial charge in [-0.25, -0.2) is 0 Å². The van der Waals surface area contributed by atoms with Crippen LogP contribution in [0.3, 0.4) is 0 Å². The summed E-state index contributed by atoms with van der Waals surface area (Å²) in [6.07, 6.45) is 1.49. The van der Waals surface area contributed by atoms with Crippen molar-refractivity contribution in [2.24, 2.45) is 0 Å². The molecule has 0 aliphatic carbocycles. The van der Waals surface area contributed by atoms with Gasteiger partial charge in [-0.2, -0.15) is 5.01 Å². The molecule has 16 heavy (non-hydrogen) atoms. The highest BCUT2D eigenvalue weighted by Crippen LogP contribution is 2.35. The molecule has 84 valence electrons. The Morgan fingerprint density at radius 1 is 1.19 bits per heavy atom. The van der Waals surface area contributed by atoms with Crippen LogP contribution in [-0.4, -0.2) is 40.2 Å². The molecule has 0 unspecified atom stereocenters. The maximum absolute atomic E-state index is 5.47. The topological polar surface area (TPSA) is 9.72 Å². The minimum Gasteiger partial charge on any atom is -0.330 e. The quantitative estimate of drug-likeness (QED) is 0.684. The van der Waals surface area contributed by atoms with Crippen LogP contribution in [0.4, 0.5) is 0 Å². The van der Waals surface area contributed by atoms with Crippen molar-refractivity contribution in [3.05, 3.63) is 35.9 Å². The van der Waals surface area contributed by atoms with Crippen LogP contribution in [0.15, 0.2) is 30.3 Å². The molecule has 3 nitrogen and oxygen atoms in total. The van der Waals surface area contributed by atoms with Gasteiger partial charge in [0, 0.05) is 20.1 Å². The first-order chi connectivity index (χ1) is 7.79. The summed E-state index contributed by atoms with van der Waals surface area (Å²) in [6.45, 7) is 2.16. The molecule has 2 fully saturated rings. The van der Waals surface area contributed by atoms with Gasteiger partial charge in [0.25, 0.3) is 0 Å². The first-order valence-electron chi connectivity index (χ1n) is 5.65. The van der Waals surface area contributed by atoms with E-state index in [1.807, 2.05) is 0 Å². The first-order valence-corrected chi connectivity index (χ1v) is 6.06. The molecule has 0 N–H and O–H groups in total. The lowest BCUT2D eigenvalue weighted by atomic mass is 10.1. The average molecular weight is 233 g/mol. The predicted molar refractivity (Wildman–Crippen MR) is 67.6 cm³/mol. The van der Waals surface area contributed by atoms with Crippen LogP contribution < -0.4 is 0 Å². The summed E-state index contributed by atoms with van der Waals surface area (Å²) >= 11 is 5.47. The van der Waals surface area contributed by atoms with Gasteiger partial charge < -0.3 is 4.90 Å². The van der Waals surface area contributed by atoms with Gasteiger partial charge >= 0.3 is 0 Å². The van der Waals surface area contributed by atoms with E-state index in [-0.39, 0.29) is 6.17 Å². The predicted octanol–water partition coefficient (Wildman–Crippen LogP) is 1.84. The van der Waals surface area contributed by atoms with Crippen LogP contribution in [0.5, 0.6) is 0 Å². The van der Waals surface area contributed by atoms with Crippen LogP contribution >= 0.6 is 12.2 Å². The van der Waals surface area contributed by atoms with E-state index in [0.29, 0.717) is 0 Å². The van der Waals surface area contributed by atoms with E-state index in [0.717, 1.165) is 18.2 Å². The van der Waals surface area contributed by atoms with E-state index in [9.17, 15) is 0 Å². The Morgan fingerprint density at radius 2 is 1.94 bits per heavy atom. The van der Waals surface area contributed by atoms with Crippen LogP contribution in [0, 0.1) is 0 Å². The molecule has 0 radical (unpaired) electrons. The Morgan fingerprint density at radius 3 is 2.69 bits per heavy atom. The largest absolute Gasteiger partial charge is 0.330 e. The normalized spacial score (nSPS) is 25.3. The number of nitrogens with zero attached hydrogens (tertiary/aromatic N) is 3. The van der Waals surface area contributed by atoms with Crippen molar-refractivity contribution in [1.29, 1.82) is 0 Å². The minimum absolute atomic E-state index is 0.288. The minimum atomic E-state index is 0.288. The highest BCUT2D eigenvalue weighted by Gasteiger charge is 2.42. The number of fused-ring (bicyclic) bond motifs is 1. The molecule has 0 amide bonds. The molecule has 3 rings (SSSR count). The van der Waals surface area contributed by atoms with E-state index < -0.39 is 0 Å². The van der Waals surface area contributed by atoms with Gasteiger partial charge in [-0.3, -0.25) is 5.01 Å². The molecule has 2 saturated heterocycles. The van der Waals surface area contributed by atoms with Gasteiger partial charge in [-0.15, -0.1) is 0 Å². The van der Waals surface area contributed by atoms with Crippen LogP contribution in [-0.2, 0) is 0 Å². The summed E-state index contributed by atoms with van der Waals surface area (Å²) in [5, 5.41) is 5.55. The Balaban J connectivity index is 1.98. The smallest absolute Gasteiger partial charge is 0.187 e. The zero-order chi connectivity index (χ0) is 11.1. The van der Waals surface area contributed by atoms with E-state index in [1.54, 1.807) is 0 Å². The number of hydrogen-bond acceptors (Lipinski definition) is 2. The zero-order valence-corrected chi connectivity index (χ0v) is 10.2. The first kappa shape index (κ1) is 10.1. The highest BCUT2D eigenvalue weighted by molar-refractivity contribution is 7.80. The molecule has 0 saturated carbocycles. The third-order valence-corrected chi connectivity index (χ3v) is 3.84. The van der Waals surface area contributed by atoms with E-state index in [2.05, 4.69) is 52.3 Å². The van der Waals surface area contributed by atoms with Crippen LogP contribution in [0.25, 0.3) is 0 Å². The van der Waals surface area contributed by atoms with Gasteiger partial charge in [-0.1, -0.05) is 30.3 Å². The molecule has 2 heterocycles. The second kappa shape index (κ2) is 3.71. The monoisotopic (exact) mass is 233 g/mol. The molecule has 1 aromatic rings. The Labute approximate surface area is 101 Å². The number of benzene rings is 1. The zero-order valence-electron chi connectivity index (χ0n) is 9.34. The summed E-state index contributed by atoms with van der Waals surface area (Å²) < 4.78 is 0. The summed E-state index contributed by atoms with van der Waals surface area (Å²) in [4.78, 5) is 2.18. The average Bonchev–Trinajstić information content (AvgIpc) is 2.86. The SMILES string of the molecule is CN1C(=S)N2CCCN2[C@H]1c1ccccc1. The van der Waals surface area contributed by atoms with Gasteiger partial charge in [0.2, 0.25) is 0 Å². The van der Waals surface area contributed by atoms with Crippen LogP contribution in [0.2, 0.25) is 0 Å². The van der Waals surface area contributed by atoms with E-state index >= 15 is 0 Å². The highest BCUT2D eigenvalue weighted by atomic mass is 32.1. The van der Waals surface area contributed by atoms with E-state index in [4.69, 9.17) is 12.2 Å². The van der Waals surface area contributed by atoms with E-state index in [1.165, 1.54) is 12.0 Å². The van der Waals surface area contributed by atoms with Crippen molar-refractivity contribution >= 4 is 17.3 Å². The Hall–Kier alpha value is -1.13. The molecule has 0 spiro atoms. The van der Waals surface area contributed by atoms with Gasteiger partial charge in [0.05, 0.1) is 0 Å². The van der Waals surface area contributed by atoms with Crippen LogP contribution in [0.1, 0.15) is 18.2 Å². The molecule has 2 aliphatic heterocycles. The number of rotatable bonds is 1. The Bertz CT molecular complexity index is 406. The van der Waals surface area contributed by atoms with Crippen molar-refractivity contribution in [3.8, 4) is 0 Å². The summed E-state index contributed by atoms with van der Waals surface area (Å²) in [6, 6.07) is 10.6. The summed E-state index contributed by atoms with van der Waals surface area (Å²) in [5.74, 6) is 0. The molecule has 0 aromatic heterocycles. The lowest BCUT2D eigenvalue weighted by molar-refractivity contribution is 0.0609. The maximum Gasteiger partial charge on any atom is 0.187 e. The molecule has 1 atom stereocenters. The van der Waals surface area contributed by atoms with Gasteiger partial charge in [-0.05, 0) is 24.2 Å². The third kappa shape index (κ3) is 1.33. The standard InChI is InChI=1S/C12H15N3S/c1-13-11(10-6-3-2-4-7-10)14-8-5-9-15(14)12(13)16/h2-4,6-7,11H,5,8-9H2,1H3/t11-/m0/s1. The van der Waals surface area contributed by atoms with Crippen molar-refractivity contribution in [3.63, 3.8) is 0 Å². The molecule has 1 aromatic carbocycles. The molecular weight excluding hydrogens is 218 g/mol. The summed E-state index contributed by atoms with van der Waals surface area (Å²) in [7, 11) is 2.08. The fourth-order valence-electron chi connectivity index (χ4n) is 2.60. The number of thiocarbonyl (C=S) groups is 1. The maximum atomic E-state index is 5.47. The lowest BCUT2D eigenvalue weighted by Gasteiger charge is -2.26. The van der Waals surface area contributed by atoms with Crippen molar-refractivity contribution < 1.29 is 0 Å². The molecular formula is C12H15N3S. The van der Waals surface area contributed by atoms with Crippen molar-refractivity contribution in [1.82, 2.24) is 14.9 Å². The fraction of sp³-hybridized carbons (Fsp3) is 0.417. The van der Waals surface area contributed by atoms with Gasteiger partial charge in [0.1, 0.15) is 6.17 Å². The second-order valence-electron chi connectivity index (χ2n) is 4.32. The van der Waals surface area contributed by atoms with Crippen molar-refractivity contribution in [2.75, 3.05) is 20.1 Å². The Kier molecular flexibility index (Phi) is 2.33. The third-order valence-electron chi connectivity index (χ3n) is 3.34. The molecule has 4 heteroatoms. The number of hydrogen-bond donors (Lipinski definition) is 0. The molecule has 2 aliphatic rings.